The van der Waals surface area contributed by atoms with Crippen LogP contribution in [0, 0.1) is 11.7 Å². The smallest absolute Gasteiger partial charge is 0.315 e. The van der Waals surface area contributed by atoms with Crippen molar-refractivity contribution >= 4 is 11.9 Å². The van der Waals surface area contributed by atoms with Gasteiger partial charge in [0.2, 0.25) is 0 Å². The Morgan fingerprint density at radius 3 is 2.56 bits per heavy atom. The molecule has 4 rings (SSSR count). The maximum atomic E-state index is 13.6. The molecule has 7 nitrogen and oxygen atoms in total. The van der Waals surface area contributed by atoms with E-state index in [9.17, 15) is 14.0 Å². The highest BCUT2D eigenvalue weighted by molar-refractivity contribution is 6.00. The fourth-order valence-corrected chi connectivity index (χ4v) is 3.65. The second-order valence-corrected chi connectivity index (χ2v) is 6.52. The van der Waals surface area contributed by atoms with Crippen molar-refractivity contribution in [2.45, 2.75) is 25.4 Å². The number of hydrogen-bond donors (Lipinski definition) is 2. The third-order valence-electron chi connectivity index (χ3n) is 4.86. The van der Waals surface area contributed by atoms with Gasteiger partial charge in [0, 0.05) is 12.1 Å². The minimum Gasteiger partial charge on any atom is -0.365 e. The number of fused-ring (bicyclic) bond motifs is 1. The van der Waals surface area contributed by atoms with Crippen LogP contribution >= 0.6 is 0 Å². The Balaban J connectivity index is 1.92. The van der Waals surface area contributed by atoms with Crippen molar-refractivity contribution in [3.63, 3.8) is 0 Å². The monoisotopic (exact) mass is 343 g/mol. The predicted molar refractivity (Wildman–Crippen MR) is 87.9 cm³/mol. The molecule has 8 heteroatoms. The zero-order chi connectivity index (χ0) is 17.7. The van der Waals surface area contributed by atoms with Crippen molar-refractivity contribution in [2.24, 2.45) is 17.4 Å². The minimum atomic E-state index is -0.641. The van der Waals surface area contributed by atoms with E-state index >= 15 is 0 Å². The SMILES string of the molecule is NC(=O)c1c(-c2cccc(F)c2)nn2c1C(C1CC1)N(C(N)=O)CC2. The Morgan fingerprint density at radius 2 is 1.96 bits per heavy atom. The summed E-state index contributed by atoms with van der Waals surface area (Å²) in [5.41, 5.74) is 12.9. The normalized spacial score (nSPS) is 19.6. The Labute approximate surface area is 143 Å². The van der Waals surface area contributed by atoms with Gasteiger partial charge in [-0.25, -0.2) is 9.18 Å². The number of urea groups is 1. The first-order valence-electron chi connectivity index (χ1n) is 8.20. The molecule has 1 saturated carbocycles. The molecule has 1 aliphatic heterocycles. The standard InChI is InChI=1S/C17H18FN5O2/c18-11-3-1-2-10(8-11)13-12(16(19)24)15-14(9-4-5-9)22(17(20)25)6-7-23(15)21-13/h1-3,8-9,14H,4-7H2,(H2,19,24)(H2,20,25). The number of primary amides is 2. The van der Waals surface area contributed by atoms with E-state index in [1.165, 1.54) is 12.1 Å². The molecule has 25 heavy (non-hydrogen) atoms. The predicted octanol–water partition coefficient (Wildman–Crippen LogP) is 1.63. The van der Waals surface area contributed by atoms with Gasteiger partial charge < -0.3 is 16.4 Å². The van der Waals surface area contributed by atoms with Gasteiger partial charge in [-0.1, -0.05) is 12.1 Å². The van der Waals surface area contributed by atoms with Crippen molar-refractivity contribution in [3.8, 4) is 11.3 Å². The first kappa shape index (κ1) is 15.6. The van der Waals surface area contributed by atoms with Crippen LogP contribution in [0.4, 0.5) is 9.18 Å². The van der Waals surface area contributed by atoms with E-state index in [-0.39, 0.29) is 17.5 Å². The van der Waals surface area contributed by atoms with Gasteiger partial charge >= 0.3 is 6.03 Å². The van der Waals surface area contributed by atoms with Crippen molar-refractivity contribution in [1.82, 2.24) is 14.7 Å². The molecule has 1 aromatic heterocycles. The van der Waals surface area contributed by atoms with Gasteiger partial charge in [-0.05, 0) is 30.9 Å². The summed E-state index contributed by atoms with van der Waals surface area (Å²) in [5, 5.41) is 4.51. The number of carbonyl (C=O) groups is 2. The van der Waals surface area contributed by atoms with E-state index in [0.717, 1.165) is 12.8 Å². The van der Waals surface area contributed by atoms with Crippen LogP contribution in [0.2, 0.25) is 0 Å². The third-order valence-corrected chi connectivity index (χ3v) is 4.86. The highest BCUT2D eigenvalue weighted by Gasteiger charge is 2.45. The topological polar surface area (TPSA) is 107 Å². The third kappa shape index (κ3) is 2.54. The number of nitrogens with zero attached hydrogens (tertiary/aromatic N) is 3. The second-order valence-electron chi connectivity index (χ2n) is 6.52. The molecule has 0 radical (unpaired) electrons. The second kappa shape index (κ2) is 5.58. The molecule has 3 amide bonds. The van der Waals surface area contributed by atoms with E-state index in [1.54, 1.807) is 21.7 Å². The summed E-state index contributed by atoms with van der Waals surface area (Å²) < 4.78 is 15.3. The van der Waals surface area contributed by atoms with Gasteiger partial charge in [0.25, 0.3) is 5.91 Å². The fourth-order valence-electron chi connectivity index (χ4n) is 3.65. The summed E-state index contributed by atoms with van der Waals surface area (Å²) in [5.74, 6) is -0.824. The highest BCUT2D eigenvalue weighted by Crippen LogP contribution is 2.48. The summed E-state index contributed by atoms with van der Waals surface area (Å²) in [4.78, 5) is 25.7. The number of hydrogen-bond acceptors (Lipinski definition) is 3. The van der Waals surface area contributed by atoms with E-state index < -0.39 is 17.8 Å². The van der Waals surface area contributed by atoms with Crippen LogP contribution in [0.1, 0.15) is 34.9 Å². The van der Waals surface area contributed by atoms with Crippen LogP contribution in [-0.4, -0.2) is 33.2 Å². The molecule has 0 saturated heterocycles. The fraction of sp³-hybridized carbons (Fsp3) is 0.353. The van der Waals surface area contributed by atoms with Gasteiger partial charge in [0.05, 0.1) is 23.8 Å². The van der Waals surface area contributed by atoms with Crippen molar-refractivity contribution in [2.75, 3.05) is 6.54 Å². The zero-order valence-electron chi connectivity index (χ0n) is 13.5. The molecule has 1 fully saturated rings. The summed E-state index contributed by atoms with van der Waals surface area (Å²) >= 11 is 0. The van der Waals surface area contributed by atoms with Crippen LogP contribution in [0.15, 0.2) is 24.3 Å². The van der Waals surface area contributed by atoms with Crippen LogP contribution < -0.4 is 11.5 Å². The molecule has 1 aromatic carbocycles. The van der Waals surface area contributed by atoms with Crippen molar-refractivity contribution < 1.29 is 14.0 Å². The largest absolute Gasteiger partial charge is 0.365 e. The minimum absolute atomic E-state index is 0.238. The molecular weight excluding hydrogens is 325 g/mol. The van der Waals surface area contributed by atoms with Gasteiger partial charge in [-0.3, -0.25) is 9.48 Å². The molecule has 2 aromatic rings. The van der Waals surface area contributed by atoms with Crippen LogP contribution in [0.25, 0.3) is 11.3 Å². The van der Waals surface area contributed by atoms with Crippen molar-refractivity contribution in [1.29, 1.82) is 0 Å². The number of benzene rings is 1. The van der Waals surface area contributed by atoms with Crippen LogP contribution in [0.3, 0.4) is 0 Å². The maximum Gasteiger partial charge on any atom is 0.315 e. The van der Waals surface area contributed by atoms with Crippen LogP contribution in [-0.2, 0) is 6.54 Å². The molecule has 4 N–H and O–H groups in total. The van der Waals surface area contributed by atoms with Gasteiger partial charge in [0.15, 0.2) is 0 Å². The Bertz CT molecular complexity index is 874. The van der Waals surface area contributed by atoms with Crippen molar-refractivity contribution in [3.05, 3.63) is 41.3 Å². The molecule has 1 aliphatic carbocycles. The number of halogens is 1. The van der Waals surface area contributed by atoms with Gasteiger partial charge in [-0.15, -0.1) is 0 Å². The maximum absolute atomic E-state index is 13.6. The van der Waals surface area contributed by atoms with Crippen LogP contribution in [0.5, 0.6) is 0 Å². The first-order chi connectivity index (χ1) is 12.0. The van der Waals surface area contributed by atoms with E-state index in [0.29, 0.717) is 30.0 Å². The lowest BCUT2D eigenvalue weighted by Crippen LogP contribution is -2.46. The average Bonchev–Trinajstić information content (AvgIpc) is 3.32. The Hall–Kier alpha value is -2.90. The quantitative estimate of drug-likeness (QED) is 0.884. The lowest BCUT2D eigenvalue weighted by molar-refractivity contribution is 0.0992. The molecule has 1 unspecified atom stereocenters. The summed E-state index contributed by atoms with van der Waals surface area (Å²) in [7, 11) is 0. The molecule has 0 spiro atoms. The molecule has 1 atom stereocenters. The lowest BCUT2D eigenvalue weighted by Gasteiger charge is -2.35. The Morgan fingerprint density at radius 1 is 1.20 bits per heavy atom. The summed E-state index contributed by atoms with van der Waals surface area (Å²) in [6.45, 7) is 0.836. The number of nitrogens with two attached hydrogens (primary N) is 2. The average molecular weight is 343 g/mol. The molecule has 130 valence electrons. The first-order valence-corrected chi connectivity index (χ1v) is 8.20. The van der Waals surface area contributed by atoms with E-state index in [2.05, 4.69) is 5.10 Å². The number of amides is 3. The molecular formula is C17H18FN5O2. The van der Waals surface area contributed by atoms with Gasteiger partial charge in [0.1, 0.15) is 11.5 Å². The van der Waals surface area contributed by atoms with E-state index in [4.69, 9.17) is 11.5 Å². The molecule has 0 bridgehead atoms. The summed E-state index contributed by atoms with van der Waals surface area (Å²) in [6, 6.07) is 5.05. The summed E-state index contributed by atoms with van der Waals surface area (Å²) in [6.07, 6.45) is 1.90. The lowest BCUT2D eigenvalue weighted by atomic mass is 9.97. The van der Waals surface area contributed by atoms with Gasteiger partial charge in [-0.2, -0.15) is 5.10 Å². The zero-order valence-corrected chi connectivity index (χ0v) is 13.5. The number of rotatable bonds is 3. The Kier molecular flexibility index (Phi) is 3.48. The number of carbonyl (C=O) groups excluding carboxylic acids is 2. The highest BCUT2D eigenvalue weighted by atomic mass is 19.1. The molecule has 2 aliphatic rings. The number of aromatic nitrogens is 2. The van der Waals surface area contributed by atoms with E-state index in [1.807, 2.05) is 0 Å². The molecule has 2 heterocycles.